The summed E-state index contributed by atoms with van der Waals surface area (Å²) in [5.74, 6) is 0.411. The van der Waals surface area contributed by atoms with Crippen molar-refractivity contribution in [1.29, 1.82) is 0 Å². The summed E-state index contributed by atoms with van der Waals surface area (Å²) in [5, 5.41) is 5.78. The van der Waals surface area contributed by atoms with Gasteiger partial charge in [0.2, 0.25) is 5.91 Å². The fourth-order valence-electron chi connectivity index (χ4n) is 2.91. The largest absolute Gasteiger partial charge is 0.350 e. The average molecular weight is 382 g/mol. The van der Waals surface area contributed by atoms with Gasteiger partial charge in [0.25, 0.3) is 0 Å². The average Bonchev–Trinajstić information content (AvgIpc) is 2.68. The van der Waals surface area contributed by atoms with Crippen LogP contribution in [0.1, 0.15) is 55.8 Å². The number of amides is 3. The SMILES string of the molecule is CC(C)c1ccc(C(C)NC(=O)CCNC(=O)N(C)Cc2ccccc2)cc1. The lowest BCUT2D eigenvalue weighted by Crippen LogP contribution is -2.39. The molecular formula is C23H31N3O2. The fraction of sp³-hybridized carbons (Fsp3) is 0.391. The second kappa shape index (κ2) is 10.5. The summed E-state index contributed by atoms with van der Waals surface area (Å²) >= 11 is 0. The van der Waals surface area contributed by atoms with E-state index in [1.807, 2.05) is 37.3 Å². The van der Waals surface area contributed by atoms with Gasteiger partial charge in [-0.3, -0.25) is 4.79 Å². The molecule has 0 aliphatic carbocycles. The highest BCUT2D eigenvalue weighted by Gasteiger charge is 2.12. The van der Waals surface area contributed by atoms with Gasteiger partial charge in [-0.15, -0.1) is 0 Å². The summed E-state index contributed by atoms with van der Waals surface area (Å²) in [6.07, 6.45) is 0.249. The van der Waals surface area contributed by atoms with Crippen molar-refractivity contribution in [3.05, 3.63) is 71.3 Å². The summed E-state index contributed by atoms with van der Waals surface area (Å²) in [7, 11) is 1.74. The third kappa shape index (κ3) is 6.72. The predicted octanol–water partition coefficient (Wildman–Crippen LogP) is 4.22. The zero-order chi connectivity index (χ0) is 20.5. The van der Waals surface area contributed by atoms with Crippen molar-refractivity contribution in [1.82, 2.24) is 15.5 Å². The molecule has 0 aliphatic rings. The molecule has 0 radical (unpaired) electrons. The van der Waals surface area contributed by atoms with Gasteiger partial charge in [0.05, 0.1) is 6.04 Å². The molecule has 0 bridgehead atoms. The van der Waals surface area contributed by atoms with Crippen LogP contribution in [0.5, 0.6) is 0 Å². The summed E-state index contributed by atoms with van der Waals surface area (Å²) in [4.78, 5) is 25.9. The molecule has 0 saturated carbocycles. The van der Waals surface area contributed by atoms with Crippen molar-refractivity contribution >= 4 is 11.9 Å². The maximum atomic E-state index is 12.2. The van der Waals surface area contributed by atoms with E-state index in [0.717, 1.165) is 11.1 Å². The van der Waals surface area contributed by atoms with E-state index >= 15 is 0 Å². The Morgan fingerprint density at radius 3 is 2.14 bits per heavy atom. The van der Waals surface area contributed by atoms with Gasteiger partial charge in [-0.05, 0) is 29.5 Å². The maximum absolute atomic E-state index is 12.2. The molecule has 0 spiro atoms. The van der Waals surface area contributed by atoms with Crippen molar-refractivity contribution < 1.29 is 9.59 Å². The summed E-state index contributed by atoms with van der Waals surface area (Å²) < 4.78 is 0. The molecule has 2 aromatic rings. The number of carbonyl (C=O) groups excluding carboxylic acids is 2. The van der Waals surface area contributed by atoms with Crippen molar-refractivity contribution in [2.24, 2.45) is 0 Å². The van der Waals surface area contributed by atoms with Gasteiger partial charge in [-0.2, -0.15) is 0 Å². The number of nitrogens with zero attached hydrogens (tertiary/aromatic N) is 1. The van der Waals surface area contributed by atoms with Crippen molar-refractivity contribution in [3.63, 3.8) is 0 Å². The van der Waals surface area contributed by atoms with E-state index in [9.17, 15) is 9.59 Å². The Kier molecular flexibility index (Phi) is 8.05. The van der Waals surface area contributed by atoms with E-state index in [4.69, 9.17) is 0 Å². The highest BCUT2D eigenvalue weighted by molar-refractivity contribution is 5.78. The molecule has 5 heteroatoms. The summed E-state index contributed by atoms with van der Waals surface area (Å²) in [6, 6.07) is 17.9. The van der Waals surface area contributed by atoms with Crippen LogP contribution in [0.2, 0.25) is 0 Å². The number of hydrogen-bond donors (Lipinski definition) is 2. The van der Waals surface area contributed by atoms with Crippen LogP contribution in [0, 0.1) is 0 Å². The molecule has 0 fully saturated rings. The number of nitrogens with one attached hydrogen (secondary N) is 2. The van der Waals surface area contributed by atoms with Gasteiger partial charge < -0.3 is 15.5 Å². The van der Waals surface area contributed by atoms with Crippen LogP contribution >= 0.6 is 0 Å². The summed E-state index contributed by atoms with van der Waals surface area (Å²) in [6.45, 7) is 7.12. The topological polar surface area (TPSA) is 61.4 Å². The Balaban J connectivity index is 1.72. The minimum Gasteiger partial charge on any atom is -0.350 e. The molecule has 5 nitrogen and oxygen atoms in total. The number of hydrogen-bond acceptors (Lipinski definition) is 2. The Bertz CT molecular complexity index is 757. The van der Waals surface area contributed by atoms with Crippen LogP contribution in [0.3, 0.4) is 0 Å². The molecule has 1 atom stereocenters. The quantitative estimate of drug-likeness (QED) is 0.719. The molecule has 1 unspecified atom stereocenters. The van der Waals surface area contributed by atoms with Gasteiger partial charge in [-0.25, -0.2) is 4.79 Å². The second-order valence-electron chi connectivity index (χ2n) is 7.43. The van der Waals surface area contributed by atoms with E-state index in [2.05, 4.69) is 48.7 Å². The number of carbonyl (C=O) groups is 2. The number of benzene rings is 2. The van der Waals surface area contributed by atoms with Crippen molar-refractivity contribution in [2.45, 2.75) is 45.7 Å². The molecule has 150 valence electrons. The van der Waals surface area contributed by atoms with Gasteiger partial charge in [-0.1, -0.05) is 68.4 Å². The summed E-state index contributed by atoms with van der Waals surface area (Å²) in [5.41, 5.74) is 3.42. The first-order valence-corrected chi connectivity index (χ1v) is 9.79. The lowest BCUT2D eigenvalue weighted by Gasteiger charge is -2.19. The Labute approximate surface area is 168 Å². The number of rotatable bonds is 8. The predicted molar refractivity (Wildman–Crippen MR) is 113 cm³/mol. The minimum absolute atomic E-state index is 0.0647. The molecule has 2 N–H and O–H groups in total. The first-order chi connectivity index (χ1) is 13.4. The monoisotopic (exact) mass is 381 g/mol. The highest BCUT2D eigenvalue weighted by atomic mass is 16.2. The van der Waals surface area contributed by atoms with E-state index < -0.39 is 0 Å². The van der Waals surface area contributed by atoms with Crippen LogP contribution in [0.25, 0.3) is 0 Å². The molecule has 0 saturated heterocycles. The van der Waals surface area contributed by atoms with Gasteiger partial charge in [0, 0.05) is 26.6 Å². The molecule has 0 aliphatic heterocycles. The zero-order valence-electron chi connectivity index (χ0n) is 17.2. The molecular weight excluding hydrogens is 350 g/mol. The van der Waals surface area contributed by atoms with Crippen LogP contribution < -0.4 is 10.6 Å². The molecule has 28 heavy (non-hydrogen) atoms. The van der Waals surface area contributed by atoms with E-state index in [1.165, 1.54) is 5.56 Å². The minimum atomic E-state index is -0.186. The Morgan fingerprint density at radius 2 is 1.54 bits per heavy atom. The smallest absolute Gasteiger partial charge is 0.317 e. The van der Waals surface area contributed by atoms with E-state index in [0.29, 0.717) is 19.0 Å². The normalized spacial score (nSPS) is 11.8. The molecule has 0 heterocycles. The van der Waals surface area contributed by atoms with Crippen LogP contribution in [0.15, 0.2) is 54.6 Å². The lowest BCUT2D eigenvalue weighted by molar-refractivity contribution is -0.121. The second-order valence-corrected chi connectivity index (χ2v) is 7.43. The van der Waals surface area contributed by atoms with Crippen LogP contribution in [-0.2, 0) is 11.3 Å². The third-order valence-corrected chi connectivity index (χ3v) is 4.72. The Hall–Kier alpha value is -2.82. The fourth-order valence-corrected chi connectivity index (χ4v) is 2.91. The third-order valence-electron chi connectivity index (χ3n) is 4.72. The molecule has 2 aromatic carbocycles. The lowest BCUT2D eigenvalue weighted by atomic mass is 9.99. The first-order valence-electron chi connectivity index (χ1n) is 9.79. The van der Waals surface area contributed by atoms with Crippen LogP contribution in [0.4, 0.5) is 4.79 Å². The zero-order valence-corrected chi connectivity index (χ0v) is 17.2. The Morgan fingerprint density at radius 1 is 0.929 bits per heavy atom. The molecule has 3 amide bonds. The van der Waals surface area contributed by atoms with E-state index in [1.54, 1.807) is 11.9 Å². The van der Waals surface area contributed by atoms with Crippen LogP contribution in [-0.4, -0.2) is 30.4 Å². The van der Waals surface area contributed by atoms with E-state index in [-0.39, 0.29) is 24.4 Å². The molecule has 0 aromatic heterocycles. The van der Waals surface area contributed by atoms with Gasteiger partial charge in [0.15, 0.2) is 0 Å². The number of urea groups is 1. The van der Waals surface area contributed by atoms with Gasteiger partial charge in [0.1, 0.15) is 0 Å². The van der Waals surface area contributed by atoms with Crippen molar-refractivity contribution in [2.75, 3.05) is 13.6 Å². The van der Waals surface area contributed by atoms with Crippen molar-refractivity contribution in [3.8, 4) is 0 Å². The highest BCUT2D eigenvalue weighted by Crippen LogP contribution is 2.18. The van der Waals surface area contributed by atoms with Gasteiger partial charge >= 0.3 is 6.03 Å². The first kappa shape index (κ1) is 21.5. The standard InChI is InChI=1S/C23H31N3O2/c1-17(2)20-10-12-21(13-11-20)18(3)25-22(27)14-15-24-23(28)26(4)16-19-8-6-5-7-9-19/h5-13,17-18H,14-16H2,1-4H3,(H,24,28)(H,25,27). The molecule has 2 rings (SSSR count). The maximum Gasteiger partial charge on any atom is 0.317 e.